The SMILES string of the molecule is CN(CCC(F)(F)F)C(=O)NC(CC(N)=O)C(=O)O. The fraction of sp³-hybridized carbons (Fsp3) is 0.667. The highest BCUT2D eigenvalue weighted by Crippen LogP contribution is 2.19. The fourth-order valence-electron chi connectivity index (χ4n) is 1.06. The van der Waals surface area contributed by atoms with Crippen molar-refractivity contribution in [3.8, 4) is 0 Å². The van der Waals surface area contributed by atoms with Crippen LogP contribution in [0.4, 0.5) is 18.0 Å². The van der Waals surface area contributed by atoms with E-state index in [1.165, 1.54) is 0 Å². The van der Waals surface area contributed by atoms with Crippen LogP contribution in [0.2, 0.25) is 0 Å². The second-order valence-corrected chi connectivity index (χ2v) is 3.80. The van der Waals surface area contributed by atoms with E-state index in [0.717, 1.165) is 7.05 Å². The number of carbonyl (C=O) groups is 3. The molecule has 110 valence electrons. The standard InChI is InChI=1S/C9H14F3N3O4/c1-15(3-2-9(10,11)12)8(19)14-5(7(17)18)4-6(13)16/h5H,2-4H2,1H3,(H2,13,16)(H,14,19)(H,17,18). The Bertz CT molecular complexity index is 359. The first kappa shape index (κ1) is 17.0. The van der Waals surface area contributed by atoms with E-state index < -0.39 is 49.5 Å². The summed E-state index contributed by atoms with van der Waals surface area (Å²) in [5.74, 6) is -2.46. The van der Waals surface area contributed by atoms with Gasteiger partial charge in [0.2, 0.25) is 5.91 Å². The molecule has 1 atom stereocenters. The number of amides is 3. The summed E-state index contributed by atoms with van der Waals surface area (Å²) >= 11 is 0. The van der Waals surface area contributed by atoms with Crippen LogP contribution < -0.4 is 11.1 Å². The summed E-state index contributed by atoms with van der Waals surface area (Å²) in [6.07, 6.45) is -6.29. The van der Waals surface area contributed by atoms with Gasteiger partial charge >= 0.3 is 18.2 Å². The normalized spacial score (nSPS) is 12.6. The van der Waals surface area contributed by atoms with Gasteiger partial charge in [-0.2, -0.15) is 13.2 Å². The molecule has 4 N–H and O–H groups in total. The molecule has 0 heterocycles. The molecule has 0 spiro atoms. The Labute approximate surface area is 106 Å². The minimum atomic E-state index is -4.42. The number of nitrogens with one attached hydrogen (secondary N) is 1. The van der Waals surface area contributed by atoms with Crippen molar-refractivity contribution in [2.75, 3.05) is 13.6 Å². The van der Waals surface area contributed by atoms with Crippen LogP contribution in [-0.4, -0.2) is 53.7 Å². The van der Waals surface area contributed by atoms with Crippen molar-refractivity contribution in [3.05, 3.63) is 0 Å². The number of alkyl halides is 3. The summed E-state index contributed by atoms with van der Waals surface area (Å²) < 4.78 is 35.8. The number of carboxylic acid groups (broad SMARTS) is 1. The van der Waals surface area contributed by atoms with Gasteiger partial charge in [-0.1, -0.05) is 0 Å². The average molecular weight is 285 g/mol. The number of halogens is 3. The lowest BCUT2D eigenvalue weighted by molar-refractivity contribution is -0.141. The van der Waals surface area contributed by atoms with Crippen molar-refractivity contribution in [2.45, 2.75) is 25.1 Å². The molecule has 0 aromatic heterocycles. The number of rotatable bonds is 6. The van der Waals surface area contributed by atoms with E-state index in [-0.39, 0.29) is 0 Å². The maximum Gasteiger partial charge on any atom is 0.390 e. The molecule has 7 nitrogen and oxygen atoms in total. The van der Waals surface area contributed by atoms with Gasteiger partial charge in [0.05, 0.1) is 12.8 Å². The molecule has 19 heavy (non-hydrogen) atoms. The van der Waals surface area contributed by atoms with Crippen LogP contribution >= 0.6 is 0 Å². The van der Waals surface area contributed by atoms with Crippen molar-refractivity contribution >= 4 is 17.9 Å². The molecule has 0 saturated carbocycles. The van der Waals surface area contributed by atoms with E-state index >= 15 is 0 Å². The summed E-state index contributed by atoms with van der Waals surface area (Å²) in [6.45, 7) is -0.627. The molecule has 1 unspecified atom stereocenters. The molecule has 0 saturated heterocycles. The lowest BCUT2D eigenvalue weighted by atomic mass is 10.2. The highest BCUT2D eigenvalue weighted by molar-refractivity contribution is 5.87. The molecule has 3 amide bonds. The van der Waals surface area contributed by atoms with Crippen LogP contribution in [0.1, 0.15) is 12.8 Å². The number of aliphatic carboxylic acids is 1. The number of primary amides is 1. The van der Waals surface area contributed by atoms with E-state index in [2.05, 4.69) is 0 Å². The molecule has 0 radical (unpaired) electrons. The topological polar surface area (TPSA) is 113 Å². The molecular weight excluding hydrogens is 271 g/mol. The predicted octanol–water partition coefficient (Wildman–Crippen LogP) is -0.0912. The molecule has 0 rings (SSSR count). The molecule has 10 heteroatoms. The second-order valence-electron chi connectivity index (χ2n) is 3.80. The van der Waals surface area contributed by atoms with E-state index in [1.54, 1.807) is 0 Å². The lowest BCUT2D eigenvalue weighted by Gasteiger charge is -2.21. The third-order valence-electron chi connectivity index (χ3n) is 2.08. The van der Waals surface area contributed by atoms with Crippen LogP contribution in [-0.2, 0) is 9.59 Å². The summed E-state index contributed by atoms with van der Waals surface area (Å²) in [7, 11) is 1.07. The molecule has 0 aromatic carbocycles. The van der Waals surface area contributed by atoms with Gasteiger partial charge in [-0.25, -0.2) is 9.59 Å². The first-order chi connectivity index (χ1) is 8.53. The van der Waals surface area contributed by atoms with Crippen molar-refractivity contribution in [1.29, 1.82) is 0 Å². The third-order valence-corrected chi connectivity index (χ3v) is 2.08. The fourth-order valence-corrected chi connectivity index (χ4v) is 1.06. The smallest absolute Gasteiger partial charge is 0.390 e. The van der Waals surface area contributed by atoms with Gasteiger partial charge < -0.3 is 21.1 Å². The van der Waals surface area contributed by atoms with E-state index in [4.69, 9.17) is 10.8 Å². The van der Waals surface area contributed by atoms with Crippen molar-refractivity contribution < 1.29 is 32.7 Å². The number of carbonyl (C=O) groups excluding carboxylic acids is 2. The maximum atomic E-state index is 11.9. The molecule has 0 aliphatic rings. The number of carboxylic acids is 1. The Morgan fingerprint density at radius 2 is 1.89 bits per heavy atom. The second kappa shape index (κ2) is 6.81. The Morgan fingerprint density at radius 1 is 1.37 bits per heavy atom. The van der Waals surface area contributed by atoms with Crippen LogP contribution in [0.15, 0.2) is 0 Å². The number of urea groups is 1. The number of hydrogen-bond acceptors (Lipinski definition) is 3. The highest BCUT2D eigenvalue weighted by Gasteiger charge is 2.29. The summed E-state index contributed by atoms with van der Waals surface area (Å²) in [4.78, 5) is 33.3. The Hall–Kier alpha value is -2.00. The molecular formula is C9H14F3N3O4. The Morgan fingerprint density at radius 3 is 2.26 bits per heavy atom. The van der Waals surface area contributed by atoms with Gasteiger partial charge in [-0.3, -0.25) is 4.79 Å². The predicted molar refractivity (Wildman–Crippen MR) is 57.1 cm³/mol. The van der Waals surface area contributed by atoms with E-state index in [9.17, 15) is 27.6 Å². The van der Waals surface area contributed by atoms with E-state index in [0.29, 0.717) is 4.90 Å². The maximum absolute atomic E-state index is 11.9. The summed E-state index contributed by atoms with van der Waals surface area (Å²) in [6, 6.07) is -2.60. The summed E-state index contributed by atoms with van der Waals surface area (Å²) in [5, 5.41) is 10.6. The van der Waals surface area contributed by atoms with Gasteiger partial charge in [0.25, 0.3) is 0 Å². The Balaban J connectivity index is 4.39. The summed E-state index contributed by atoms with van der Waals surface area (Å²) in [5.41, 5.74) is 4.78. The first-order valence-corrected chi connectivity index (χ1v) is 5.12. The van der Waals surface area contributed by atoms with Crippen molar-refractivity contribution in [1.82, 2.24) is 10.2 Å². The molecule has 0 aliphatic heterocycles. The van der Waals surface area contributed by atoms with Gasteiger partial charge in [-0.15, -0.1) is 0 Å². The van der Waals surface area contributed by atoms with E-state index in [1.807, 2.05) is 5.32 Å². The lowest BCUT2D eigenvalue weighted by Crippen LogP contribution is -2.48. The minimum absolute atomic E-state index is 0.627. The quantitative estimate of drug-likeness (QED) is 0.633. The number of nitrogens with zero attached hydrogens (tertiary/aromatic N) is 1. The van der Waals surface area contributed by atoms with Crippen LogP contribution in [0, 0.1) is 0 Å². The largest absolute Gasteiger partial charge is 0.480 e. The third kappa shape index (κ3) is 7.84. The van der Waals surface area contributed by atoms with Crippen molar-refractivity contribution in [2.24, 2.45) is 5.73 Å². The van der Waals surface area contributed by atoms with Crippen LogP contribution in [0.5, 0.6) is 0 Å². The zero-order valence-corrected chi connectivity index (χ0v) is 10.0. The van der Waals surface area contributed by atoms with Gasteiger partial charge in [0, 0.05) is 13.6 Å². The zero-order chi connectivity index (χ0) is 15.2. The van der Waals surface area contributed by atoms with Gasteiger partial charge in [0.15, 0.2) is 0 Å². The molecule has 0 aliphatic carbocycles. The Kier molecular flexibility index (Phi) is 6.09. The first-order valence-electron chi connectivity index (χ1n) is 5.12. The average Bonchev–Trinajstić information content (AvgIpc) is 2.22. The zero-order valence-electron chi connectivity index (χ0n) is 10.0. The van der Waals surface area contributed by atoms with Crippen LogP contribution in [0.25, 0.3) is 0 Å². The van der Waals surface area contributed by atoms with Gasteiger partial charge in [0.1, 0.15) is 6.04 Å². The highest BCUT2D eigenvalue weighted by atomic mass is 19.4. The number of hydrogen-bond donors (Lipinski definition) is 3. The number of nitrogens with two attached hydrogens (primary N) is 1. The minimum Gasteiger partial charge on any atom is -0.480 e. The van der Waals surface area contributed by atoms with Crippen molar-refractivity contribution in [3.63, 3.8) is 0 Å². The monoisotopic (exact) mass is 285 g/mol. The molecule has 0 fully saturated rings. The molecule has 0 aromatic rings. The molecule has 0 bridgehead atoms. The van der Waals surface area contributed by atoms with Crippen LogP contribution in [0.3, 0.4) is 0 Å². The van der Waals surface area contributed by atoms with Gasteiger partial charge in [-0.05, 0) is 0 Å².